The third-order valence-electron chi connectivity index (χ3n) is 2.95. The van der Waals surface area contributed by atoms with E-state index in [0.29, 0.717) is 13.2 Å². The lowest BCUT2D eigenvalue weighted by Gasteiger charge is -2.08. The molecule has 0 atom stereocenters. The fourth-order valence-electron chi connectivity index (χ4n) is 1.79. The van der Waals surface area contributed by atoms with Gasteiger partial charge in [0.05, 0.1) is 13.0 Å². The third-order valence-corrected chi connectivity index (χ3v) is 2.95. The van der Waals surface area contributed by atoms with E-state index >= 15 is 0 Å². The lowest BCUT2D eigenvalue weighted by atomic mass is 10.2. The van der Waals surface area contributed by atoms with E-state index < -0.39 is 0 Å². The van der Waals surface area contributed by atoms with E-state index in [0.717, 1.165) is 11.5 Å². The van der Waals surface area contributed by atoms with Crippen LogP contribution in [0.1, 0.15) is 12.0 Å². The second-order valence-electron chi connectivity index (χ2n) is 4.79. The number of benzene rings is 2. The number of aryl methyl sites for hydroxylation is 1. The summed E-state index contributed by atoms with van der Waals surface area (Å²) < 4.78 is 16.0. The number of esters is 1. The molecule has 116 valence electrons. The molecule has 2 aromatic rings. The van der Waals surface area contributed by atoms with Crippen molar-refractivity contribution >= 4 is 5.97 Å². The van der Waals surface area contributed by atoms with Crippen LogP contribution >= 0.6 is 0 Å². The van der Waals surface area contributed by atoms with Crippen molar-refractivity contribution < 1.29 is 19.0 Å². The van der Waals surface area contributed by atoms with Gasteiger partial charge in [0.25, 0.3) is 0 Å². The molecule has 0 saturated heterocycles. The highest BCUT2D eigenvalue weighted by Gasteiger charge is 2.03. The van der Waals surface area contributed by atoms with Crippen LogP contribution in [0.25, 0.3) is 0 Å². The van der Waals surface area contributed by atoms with Crippen molar-refractivity contribution in [3.63, 3.8) is 0 Å². The average molecular weight is 300 g/mol. The van der Waals surface area contributed by atoms with E-state index in [-0.39, 0.29) is 19.0 Å². The largest absolute Gasteiger partial charge is 0.493 e. The molecule has 22 heavy (non-hydrogen) atoms. The molecule has 0 aliphatic carbocycles. The standard InChI is InChI=1S/C18H20O4/c1-15-7-9-17(10-8-15)20-12-11-18(19)22-14-13-21-16-5-3-2-4-6-16/h2-10H,11-14H2,1H3. The zero-order valence-electron chi connectivity index (χ0n) is 12.7. The van der Waals surface area contributed by atoms with Crippen LogP contribution in [-0.4, -0.2) is 25.8 Å². The Labute approximate surface area is 130 Å². The summed E-state index contributed by atoms with van der Waals surface area (Å²) in [6, 6.07) is 17.1. The summed E-state index contributed by atoms with van der Waals surface area (Å²) in [5.74, 6) is 1.23. The van der Waals surface area contributed by atoms with Crippen LogP contribution in [0.15, 0.2) is 54.6 Å². The van der Waals surface area contributed by atoms with Gasteiger partial charge >= 0.3 is 5.97 Å². The summed E-state index contributed by atoms with van der Waals surface area (Å²) in [6.45, 7) is 2.90. The minimum absolute atomic E-state index is 0.221. The van der Waals surface area contributed by atoms with Gasteiger partial charge in [-0.3, -0.25) is 4.79 Å². The number of ether oxygens (including phenoxy) is 3. The molecule has 2 aromatic carbocycles. The Kier molecular flexibility index (Phi) is 6.30. The maximum absolute atomic E-state index is 11.5. The Morgan fingerprint density at radius 1 is 0.818 bits per heavy atom. The highest BCUT2D eigenvalue weighted by atomic mass is 16.6. The van der Waals surface area contributed by atoms with E-state index in [2.05, 4.69) is 0 Å². The van der Waals surface area contributed by atoms with Gasteiger partial charge in [-0.15, -0.1) is 0 Å². The minimum atomic E-state index is -0.288. The molecule has 0 N–H and O–H groups in total. The lowest BCUT2D eigenvalue weighted by molar-refractivity contribution is -0.144. The van der Waals surface area contributed by atoms with E-state index in [9.17, 15) is 4.79 Å². The SMILES string of the molecule is Cc1ccc(OCCC(=O)OCCOc2ccccc2)cc1. The Hall–Kier alpha value is -2.49. The molecule has 0 heterocycles. The summed E-state index contributed by atoms with van der Waals surface area (Å²) in [7, 11) is 0. The van der Waals surface area contributed by atoms with Crippen molar-refractivity contribution in [2.45, 2.75) is 13.3 Å². The van der Waals surface area contributed by atoms with Gasteiger partial charge in [-0.2, -0.15) is 0 Å². The van der Waals surface area contributed by atoms with Gasteiger partial charge < -0.3 is 14.2 Å². The number of para-hydroxylation sites is 1. The average Bonchev–Trinajstić information content (AvgIpc) is 2.54. The first-order valence-electron chi connectivity index (χ1n) is 7.27. The molecular formula is C18H20O4. The topological polar surface area (TPSA) is 44.8 Å². The van der Waals surface area contributed by atoms with Gasteiger partial charge in [-0.25, -0.2) is 0 Å². The molecule has 0 radical (unpaired) electrons. The van der Waals surface area contributed by atoms with E-state index in [1.165, 1.54) is 5.56 Å². The molecule has 2 rings (SSSR count). The van der Waals surface area contributed by atoms with Gasteiger partial charge in [0.15, 0.2) is 0 Å². The van der Waals surface area contributed by atoms with Gasteiger partial charge in [-0.05, 0) is 31.2 Å². The molecule has 0 aliphatic heterocycles. The summed E-state index contributed by atoms with van der Waals surface area (Å²) >= 11 is 0. The van der Waals surface area contributed by atoms with Gasteiger partial charge in [0, 0.05) is 0 Å². The third kappa shape index (κ3) is 5.87. The Morgan fingerprint density at radius 2 is 1.45 bits per heavy atom. The summed E-state index contributed by atoms with van der Waals surface area (Å²) in [6.07, 6.45) is 0.221. The van der Waals surface area contributed by atoms with Gasteiger partial charge in [0.1, 0.15) is 24.7 Å². The Bertz CT molecular complexity index is 563. The molecular weight excluding hydrogens is 280 g/mol. The fraction of sp³-hybridized carbons (Fsp3) is 0.278. The van der Waals surface area contributed by atoms with Crippen molar-refractivity contribution in [3.8, 4) is 11.5 Å². The van der Waals surface area contributed by atoms with Crippen molar-refractivity contribution in [2.24, 2.45) is 0 Å². The van der Waals surface area contributed by atoms with Crippen molar-refractivity contribution in [1.82, 2.24) is 0 Å². The summed E-state index contributed by atoms with van der Waals surface area (Å²) in [5, 5.41) is 0. The zero-order valence-corrected chi connectivity index (χ0v) is 12.7. The normalized spacial score (nSPS) is 10.0. The van der Waals surface area contributed by atoms with E-state index in [1.54, 1.807) is 0 Å². The molecule has 4 nitrogen and oxygen atoms in total. The molecule has 4 heteroatoms. The van der Waals surface area contributed by atoms with Gasteiger partial charge in [0.2, 0.25) is 0 Å². The number of carbonyl (C=O) groups is 1. The van der Waals surface area contributed by atoms with Crippen LogP contribution in [0.5, 0.6) is 11.5 Å². The molecule has 0 aromatic heterocycles. The monoisotopic (exact) mass is 300 g/mol. The van der Waals surface area contributed by atoms with Gasteiger partial charge in [-0.1, -0.05) is 35.9 Å². The summed E-state index contributed by atoms with van der Waals surface area (Å²) in [4.78, 5) is 11.5. The first-order valence-corrected chi connectivity index (χ1v) is 7.27. The molecule has 0 unspecified atom stereocenters. The zero-order chi connectivity index (χ0) is 15.6. The highest BCUT2D eigenvalue weighted by Crippen LogP contribution is 2.11. The number of hydrogen-bond acceptors (Lipinski definition) is 4. The second-order valence-corrected chi connectivity index (χ2v) is 4.79. The Balaban J connectivity index is 1.55. The molecule has 0 fully saturated rings. The van der Waals surface area contributed by atoms with E-state index in [1.807, 2.05) is 61.5 Å². The predicted molar refractivity (Wildman–Crippen MR) is 84.2 cm³/mol. The quantitative estimate of drug-likeness (QED) is 0.554. The first-order chi connectivity index (χ1) is 10.7. The number of carbonyl (C=O) groups excluding carboxylic acids is 1. The number of rotatable bonds is 8. The van der Waals surface area contributed by atoms with Crippen LogP contribution in [0.2, 0.25) is 0 Å². The fourth-order valence-corrected chi connectivity index (χ4v) is 1.79. The second kappa shape index (κ2) is 8.72. The van der Waals surface area contributed by atoms with Crippen molar-refractivity contribution in [1.29, 1.82) is 0 Å². The minimum Gasteiger partial charge on any atom is -0.493 e. The van der Waals surface area contributed by atoms with Crippen molar-refractivity contribution in [2.75, 3.05) is 19.8 Å². The highest BCUT2D eigenvalue weighted by molar-refractivity contribution is 5.69. The number of hydrogen-bond donors (Lipinski definition) is 0. The molecule has 0 saturated carbocycles. The van der Waals surface area contributed by atoms with Crippen LogP contribution in [0.3, 0.4) is 0 Å². The van der Waals surface area contributed by atoms with Crippen LogP contribution in [0, 0.1) is 6.92 Å². The maximum Gasteiger partial charge on any atom is 0.309 e. The molecule has 0 bridgehead atoms. The Morgan fingerprint density at radius 3 is 2.18 bits per heavy atom. The molecule has 0 spiro atoms. The lowest BCUT2D eigenvalue weighted by Crippen LogP contribution is -2.14. The molecule has 0 aliphatic rings. The van der Waals surface area contributed by atoms with Crippen LogP contribution in [-0.2, 0) is 9.53 Å². The smallest absolute Gasteiger partial charge is 0.309 e. The summed E-state index contributed by atoms with van der Waals surface area (Å²) in [5.41, 5.74) is 1.17. The molecule has 0 amide bonds. The maximum atomic E-state index is 11.5. The van der Waals surface area contributed by atoms with Crippen LogP contribution in [0.4, 0.5) is 0 Å². The van der Waals surface area contributed by atoms with Crippen molar-refractivity contribution in [3.05, 3.63) is 60.2 Å². The predicted octanol–water partition coefficient (Wildman–Crippen LogP) is 3.39. The van der Waals surface area contributed by atoms with E-state index in [4.69, 9.17) is 14.2 Å². The van der Waals surface area contributed by atoms with Crippen LogP contribution < -0.4 is 9.47 Å². The first kappa shape index (κ1) is 15.9.